The van der Waals surface area contributed by atoms with Crippen molar-refractivity contribution in [2.75, 3.05) is 126 Å². The topological polar surface area (TPSA) is 222 Å². The smallest absolute Gasteiger partial charge is 0.195 e. The summed E-state index contributed by atoms with van der Waals surface area (Å²) in [5.74, 6) is -1.54. The highest BCUT2D eigenvalue weighted by atomic mass is 16.8. The minimum atomic E-state index is -1.54. The maximum Gasteiger partial charge on any atom is 0.195 e. The van der Waals surface area contributed by atoms with E-state index in [1.165, 1.54) is 28.4 Å². The molecule has 0 saturated carbocycles. The molecular weight excluding hydrogens is 936 g/mol. The third-order valence-corrected chi connectivity index (χ3v) is 14.0. The van der Waals surface area contributed by atoms with Crippen molar-refractivity contribution in [1.82, 2.24) is 0 Å². The SMILES string of the molecule is COCC1OC(OC2C(C)OC(OC3C(COC)OC(C)(OC4C(C)OC(OC5C(COC)OC(OC)C(OC)C5OC)C(OC)C4OC)C(OC)C3OC)C(OC)C2OC)C(OC)C(OC)C1OC. The van der Waals surface area contributed by atoms with Crippen LogP contribution in [0.15, 0.2) is 0 Å². The molecule has 0 aromatic rings. The first-order valence-electron chi connectivity index (χ1n) is 23.5. The molecule has 5 aliphatic rings. The van der Waals surface area contributed by atoms with Gasteiger partial charge in [-0.05, 0) is 20.8 Å². The molecule has 5 rings (SSSR count). The third-order valence-electron chi connectivity index (χ3n) is 14.0. The van der Waals surface area contributed by atoms with E-state index in [2.05, 4.69) is 0 Å². The van der Waals surface area contributed by atoms with Crippen molar-refractivity contribution in [3.63, 3.8) is 0 Å². The highest BCUT2D eigenvalue weighted by Crippen LogP contribution is 2.42. The van der Waals surface area contributed by atoms with Crippen LogP contribution in [0, 0.1) is 0 Å². The van der Waals surface area contributed by atoms with Gasteiger partial charge in [0, 0.05) is 107 Å². The molecule has 25 unspecified atom stereocenters. The van der Waals surface area contributed by atoms with Crippen molar-refractivity contribution in [3.8, 4) is 0 Å². The molecule has 5 aliphatic heterocycles. The van der Waals surface area contributed by atoms with Crippen molar-refractivity contribution in [2.24, 2.45) is 0 Å². The first-order valence-corrected chi connectivity index (χ1v) is 23.5. The van der Waals surface area contributed by atoms with Gasteiger partial charge in [0.25, 0.3) is 0 Å². The standard InChI is InChI=1S/C46H84O24/c1-22-27(66-45-40(59-16)34(53-10)29(50-7)24(65-45)19-47-4)32(51-8)38(57-14)43(62-22)68-31-26(21-49-6)69-46(3,41(60-17)36(31)55-12)70-28-23(2)63-44(39(58-15)33(28)52-9)67-30-25(20-48-5)64-42(61-18)37(56-13)35(30)54-11/h22-45H,19-21H2,1-18H3. The van der Waals surface area contributed by atoms with Gasteiger partial charge in [-0.1, -0.05) is 0 Å². The van der Waals surface area contributed by atoms with E-state index in [1.807, 2.05) is 13.8 Å². The summed E-state index contributed by atoms with van der Waals surface area (Å²) >= 11 is 0. The molecule has 0 bridgehead atoms. The average molecular weight is 1020 g/mol. The zero-order chi connectivity index (χ0) is 51.4. The van der Waals surface area contributed by atoms with E-state index in [0.29, 0.717) is 0 Å². The van der Waals surface area contributed by atoms with E-state index in [1.54, 1.807) is 85.1 Å². The lowest BCUT2D eigenvalue weighted by atomic mass is 9.91. The lowest BCUT2D eigenvalue weighted by Gasteiger charge is -2.55. The molecule has 25 atom stereocenters. The fraction of sp³-hybridized carbons (Fsp3) is 1.00. The van der Waals surface area contributed by atoms with Crippen LogP contribution >= 0.6 is 0 Å². The summed E-state index contributed by atoms with van der Waals surface area (Å²) in [6.45, 7) is 5.86. The Morgan fingerprint density at radius 2 is 0.657 bits per heavy atom. The van der Waals surface area contributed by atoms with Crippen LogP contribution in [-0.4, -0.2) is 279 Å². The summed E-state index contributed by atoms with van der Waals surface area (Å²) in [5, 5.41) is 0. The lowest BCUT2D eigenvalue weighted by molar-refractivity contribution is -0.421. The van der Waals surface area contributed by atoms with Crippen molar-refractivity contribution < 1.29 is 114 Å². The Morgan fingerprint density at radius 1 is 0.314 bits per heavy atom. The van der Waals surface area contributed by atoms with Gasteiger partial charge < -0.3 is 114 Å². The van der Waals surface area contributed by atoms with Gasteiger partial charge >= 0.3 is 0 Å². The summed E-state index contributed by atoms with van der Waals surface area (Å²) < 4.78 is 148. The summed E-state index contributed by atoms with van der Waals surface area (Å²) in [4.78, 5) is 0. The fourth-order valence-corrected chi connectivity index (χ4v) is 10.7. The minimum absolute atomic E-state index is 0.0443. The highest BCUT2D eigenvalue weighted by Gasteiger charge is 2.61. The summed E-state index contributed by atoms with van der Waals surface area (Å²) in [5.41, 5.74) is 0. The Balaban J connectivity index is 1.37. The van der Waals surface area contributed by atoms with Crippen LogP contribution < -0.4 is 0 Å². The Bertz CT molecular complexity index is 1470. The van der Waals surface area contributed by atoms with Gasteiger partial charge in [0.2, 0.25) is 0 Å². The predicted molar refractivity (Wildman–Crippen MR) is 240 cm³/mol. The molecule has 5 heterocycles. The molecule has 412 valence electrons. The second-order valence-corrected chi connectivity index (χ2v) is 17.8. The van der Waals surface area contributed by atoms with Gasteiger partial charge in [-0.2, -0.15) is 0 Å². The number of hydrogen-bond acceptors (Lipinski definition) is 24. The van der Waals surface area contributed by atoms with Gasteiger partial charge in [-0.15, -0.1) is 0 Å². The quantitative estimate of drug-likeness (QED) is 0.114. The van der Waals surface area contributed by atoms with E-state index in [9.17, 15) is 0 Å². The van der Waals surface area contributed by atoms with Gasteiger partial charge in [0.15, 0.2) is 30.9 Å². The van der Waals surface area contributed by atoms with Crippen LogP contribution in [0.5, 0.6) is 0 Å². The van der Waals surface area contributed by atoms with Crippen molar-refractivity contribution in [1.29, 1.82) is 0 Å². The van der Waals surface area contributed by atoms with Crippen LogP contribution in [0.4, 0.5) is 0 Å². The fourth-order valence-electron chi connectivity index (χ4n) is 10.7. The average Bonchev–Trinajstić information content (AvgIpc) is 3.35. The number of ether oxygens (including phenoxy) is 24. The lowest BCUT2D eigenvalue weighted by Crippen LogP contribution is -2.71. The molecule has 24 heteroatoms. The van der Waals surface area contributed by atoms with E-state index < -0.39 is 153 Å². The largest absolute Gasteiger partial charge is 0.382 e. The van der Waals surface area contributed by atoms with Crippen LogP contribution in [0.1, 0.15) is 20.8 Å². The van der Waals surface area contributed by atoms with E-state index >= 15 is 0 Å². The molecule has 5 saturated heterocycles. The minimum Gasteiger partial charge on any atom is -0.382 e. The Hall–Kier alpha value is -0.960. The Labute approximate surface area is 413 Å². The number of methoxy groups -OCH3 is 15. The molecule has 0 spiro atoms. The van der Waals surface area contributed by atoms with Crippen LogP contribution in [0.3, 0.4) is 0 Å². The number of rotatable bonds is 26. The summed E-state index contributed by atoms with van der Waals surface area (Å²) in [6.07, 6.45) is -18.3. The van der Waals surface area contributed by atoms with Crippen molar-refractivity contribution in [2.45, 2.75) is 174 Å². The summed E-state index contributed by atoms with van der Waals surface area (Å²) in [6, 6.07) is 0. The molecule has 24 nitrogen and oxygen atoms in total. The molecule has 70 heavy (non-hydrogen) atoms. The van der Waals surface area contributed by atoms with Crippen LogP contribution in [0.2, 0.25) is 0 Å². The second-order valence-electron chi connectivity index (χ2n) is 17.8. The molecule has 5 fully saturated rings. The monoisotopic (exact) mass is 1020 g/mol. The zero-order valence-electron chi connectivity index (χ0n) is 44.3. The van der Waals surface area contributed by atoms with Gasteiger partial charge in [0.05, 0.1) is 32.0 Å². The molecule has 0 aromatic heterocycles. The van der Waals surface area contributed by atoms with E-state index in [-0.39, 0.29) is 19.8 Å². The molecular formula is C46H84O24. The zero-order valence-corrected chi connectivity index (χ0v) is 44.3. The van der Waals surface area contributed by atoms with Gasteiger partial charge in [-0.3, -0.25) is 0 Å². The second kappa shape index (κ2) is 28.3. The highest BCUT2D eigenvalue weighted by molar-refractivity contribution is 5.03. The first-order chi connectivity index (χ1) is 33.7. The first kappa shape index (κ1) is 59.9. The van der Waals surface area contributed by atoms with Crippen molar-refractivity contribution >= 4 is 0 Å². The third kappa shape index (κ3) is 12.6. The molecule has 0 aromatic carbocycles. The van der Waals surface area contributed by atoms with Crippen molar-refractivity contribution in [3.05, 3.63) is 0 Å². The Morgan fingerprint density at radius 3 is 1.10 bits per heavy atom. The molecule has 0 aliphatic carbocycles. The van der Waals surface area contributed by atoms with E-state index in [4.69, 9.17) is 114 Å². The molecule has 0 radical (unpaired) electrons. The van der Waals surface area contributed by atoms with Crippen LogP contribution in [0.25, 0.3) is 0 Å². The summed E-state index contributed by atoms with van der Waals surface area (Å²) in [7, 11) is 23.3. The van der Waals surface area contributed by atoms with Gasteiger partial charge in [-0.25, -0.2) is 0 Å². The molecule has 0 amide bonds. The maximum absolute atomic E-state index is 7.00. The van der Waals surface area contributed by atoms with Crippen LogP contribution in [-0.2, 0) is 114 Å². The van der Waals surface area contributed by atoms with Gasteiger partial charge in [0.1, 0.15) is 110 Å². The molecule has 0 N–H and O–H groups in total. The predicted octanol–water partition coefficient (Wildman–Crippen LogP) is 0.332. The normalized spacial score (nSPS) is 46.0. The number of hydrogen-bond donors (Lipinski definition) is 0. The maximum atomic E-state index is 7.00. The Kier molecular flexibility index (Phi) is 24.2. The van der Waals surface area contributed by atoms with E-state index in [0.717, 1.165) is 0 Å².